The third-order valence-electron chi connectivity index (χ3n) is 4.45. The van der Waals surface area contributed by atoms with Gasteiger partial charge in [0.25, 0.3) is 0 Å². The van der Waals surface area contributed by atoms with Crippen LogP contribution in [-0.4, -0.2) is 23.5 Å². The van der Waals surface area contributed by atoms with Crippen molar-refractivity contribution in [1.82, 2.24) is 4.90 Å². The molecule has 1 atom stereocenters. The summed E-state index contributed by atoms with van der Waals surface area (Å²) in [6.07, 6.45) is 6.91. The van der Waals surface area contributed by atoms with Crippen LogP contribution in [0.1, 0.15) is 20.3 Å². The quantitative estimate of drug-likeness (QED) is 0.782. The zero-order valence-corrected chi connectivity index (χ0v) is 13.2. The van der Waals surface area contributed by atoms with Gasteiger partial charge >= 0.3 is 5.97 Å². The van der Waals surface area contributed by atoms with E-state index >= 15 is 0 Å². The summed E-state index contributed by atoms with van der Waals surface area (Å²) in [5.41, 5.74) is 4.54. The molecule has 4 rings (SSSR count). The van der Waals surface area contributed by atoms with Crippen molar-refractivity contribution in [3.8, 4) is 0 Å². The molecule has 1 aromatic rings. The van der Waals surface area contributed by atoms with E-state index in [2.05, 4.69) is 35.4 Å². The van der Waals surface area contributed by atoms with Crippen LogP contribution in [0.5, 0.6) is 0 Å². The number of para-hydroxylation sites is 1. The molecule has 4 nitrogen and oxygen atoms in total. The maximum absolute atomic E-state index is 11.1. The maximum atomic E-state index is 11.1. The van der Waals surface area contributed by atoms with Crippen molar-refractivity contribution in [2.24, 2.45) is 4.99 Å². The van der Waals surface area contributed by atoms with Crippen molar-refractivity contribution in [1.29, 1.82) is 0 Å². The van der Waals surface area contributed by atoms with E-state index in [-0.39, 0.29) is 12.1 Å². The average Bonchev–Trinajstić information content (AvgIpc) is 2.92. The number of esters is 1. The molecular weight excluding hydrogens is 288 g/mol. The van der Waals surface area contributed by atoms with Crippen LogP contribution in [0.4, 0.5) is 0 Å². The van der Waals surface area contributed by atoms with Crippen LogP contribution in [-0.2, 0) is 9.53 Å². The summed E-state index contributed by atoms with van der Waals surface area (Å²) in [5.74, 6) is -0.258. The Morgan fingerprint density at radius 2 is 2.13 bits per heavy atom. The molecule has 0 saturated heterocycles. The van der Waals surface area contributed by atoms with Gasteiger partial charge in [0, 0.05) is 30.5 Å². The molecule has 0 radical (unpaired) electrons. The van der Waals surface area contributed by atoms with Crippen LogP contribution < -0.4 is 10.6 Å². The van der Waals surface area contributed by atoms with Crippen molar-refractivity contribution < 1.29 is 9.53 Å². The first kappa shape index (κ1) is 14.0. The molecule has 0 N–H and O–H groups in total. The molecule has 0 spiro atoms. The van der Waals surface area contributed by atoms with Crippen molar-refractivity contribution in [2.75, 3.05) is 6.54 Å². The first-order chi connectivity index (χ1) is 11.1. The second-order valence-electron chi connectivity index (χ2n) is 6.00. The zero-order chi connectivity index (χ0) is 16.0. The summed E-state index contributed by atoms with van der Waals surface area (Å²) in [6, 6.07) is 8.30. The standard InChI is InChI=1S/C19H18N2O2/c1-12(23-13(2)22)14-7-8-18-19-16(9-10-21(18)11-14)15-5-3-4-6-17(15)20-19/h3-8,11-12H,9-10H2,1-2H3. The molecule has 1 aromatic carbocycles. The molecule has 0 saturated carbocycles. The number of carbonyl (C=O) groups is 1. The van der Waals surface area contributed by atoms with Crippen molar-refractivity contribution in [2.45, 2.75) is 26.4 Å². The number of carbonyl (C=O) groups excluding carboxylic acids is 1. The number of hydrogen-bond donors (Lipinski definition) is 0. The molecule has 0 aromatic heterocycles. The van der Waals surface area contributed by atoms with Gasteiger partial charge in [0.05, 0.1) is 16.8 Å². The van der Waals surface area contributed by atoms with Crippen LogP contribution in [0.2, 0.25) is 0 Å². The van der Waals surface area contributed by atoms with Crippen LogP contribution in [0.3, 0.4) is 0 Å². The van der Waals surface area contributed by atoms with Crippen LogP contribution in [0.15, 0.2) is 64.6 Å². The predicted octanol–water partition coefficient (Wildman–Crippen LogP) is 1.79. The Hall–Kier alpha value is -2.62. The maximum Gasteiger partial charge on any atom is 0.303 e. The molecular formula is C19H18N2O2. The Labute approximate surface area is 134 Å². The monoisotopic (exact) mass is 306 g/mol. The largest absolute Gasteiger partial charge is 0.458 e. The molecule has 0 aliphatic carbocycles. The third kappa shape index (κ3) is 2.31. The normalized spacial score (nSPS) is 19.5. The SMILES string of the molecule is CC(=O)OC(C)C1=CN2CCC3=c4ccccc4=NC3=C2C=C1. The first-order valence-electron chi connectivity index (χ1n) is 7.89. The summed E-state index contributed by atoms with van der Waals surface area (Å²) >= 11 is 0. The number of allylic oxidation sites excluding steroid dienone is 2. The molecule has 23 heavy (non-hydrogen) atoms. The molecule has 0 fully saturated rings. The molecule has 0 amide bonds. The summed E-state index contributed by atoms with van der Waals surface area (Å²) in [7, 11) is 0. The van der Waals surface area contributed by atoms with Gasteiger partial charge < -0.3 is 9.64 Å². The summed E-state index contributed by atoms with van der Waals surface area (Å²) in [6.45, 7) is 4.25. The van der Waals surface area contributed by atoms with Crippen molar-refractivity contribution >= 4 is 11.5 Å². The number of ether oxygens (including phenoxy) is 1. The van der Waals surface area contributed by atoms with Crippen molar-refractivity contribution in [3.63, 3.8) is 0 Å². The molecule has 4 heteroatoms. The lowest BCUT2D eigenvalue weighted by Crippen LogP contribution is -2.29. The highest BCUT2D eigenvalue weighted by Crippen LogP contribution is 2.33. The highest BCUT2D eigenvalue weighted by Gasteiger charge is 2.27. The van der Waals surface area contributed by atoms with E-state index in [4.69, 9.17) is 9.73 Å². The van der Waals surface area contributed by atoms with Gasteiger partial charge in [-0.1, -0.05) is 24.3 Å². The molecule has 1 unspecified atom stereocenters. The average molecular weight is 306 g/mol. The highest BCUT2D eigenvalue weighted by atomic mass is 16.5. The van der Waals surface area contributed by atoms with Crippen LogP contribution in [0.25, 0.3) is 5.57 Å². The predicted molar refractivity (Wildman–Crippen MR) is 87.4 cm³/mol. The first-order valence-corrected chi connectivity index (χ1v) is 7.89. The highest BCUT2D eigenvalue weighted by molar-refractivity contribution is 5.71. The van der Waals surface area contributed by atoms with Crippen molar-refractivity contribution in [3.05, 3.63) is 70.2 Å². The fourth-order valence-corrected chi connectivity index (χ4v) is 3.36. The number of fused-ring (bicyclic) bond motifs is 3. The lowest BCUT2D eigenvalue weighted by atomic mass is 9.98. The molecule has 3 aliphatic heterocycles. The van der Waals surface area contributed by atoms with E-state index in [1.807, 2.05) is 19.1 Å². The lowest BCUT2D eigenvalue weighted by Gasteiger charge is -2.32. The Morgan fingerprint density at radius 3 is 2.96 bits per heavy atom. The van der Waals surface area contributed by atoms with Gasteiger partial charge in [0.15, 0.2) is 0 Å². The summed E-state index contributed by atoms with van der Waals surface area (Å²) < 4.78 is 5.28. The van der Waals surface area contributed by atoms with E-state index in [0.717, 1.165) is 35.3 Å². The van der Waals surface area contributed by atoms with E-state index in [9.17, 15) is 4.79 Å². The minimum Gasteiger partial charge on any atom is -0.458 e. The number of hydrogen-bond acceptors (Lipinski definition) is 4. The summed E-state index contributed by atoms with van der Waals surface area (Å²) in [5, 5.41) is 2.31. The number of nitrogens with zero attached hydrogens (tertiary/aromatic N) is 2. The minimum absolute atomic E-state index is 0.238. The Bertz CT molecular complexity index is 906. The Kier molecular flexibility index (Phi) is 3.18. The number of rotatable bonds is 2. The van der Waals surface area contributed by atoms with E-state index in [0.29, 0.717) is 0 Å². The van der Waals surface area contributed by atoms with Gasteiger partial charge in [0.1, 0.15) is 6.10 Å². The van der Waals surface area contributed by atoms with E-state index in [1.54, 1.807) is 0 Å². The smallest absolute Gasteiger partial charge is 0.303 e. The molecule has 116 valence electrons. The molecule has 0 bridgehead atoms. The van der Waals surface area contributed by atoms with Gasteiger partial charge in [-0.05, 0) is 31.1 Å². The van der Waals surface area contributed by atoms with Gasteiger partial charge in [-0.15, -0.1) is 0 Å². The topological polar surface area (TPSA) is 41.9 Å². The zero-order valence-electron chi connectivity index (χ0n) is 13.2. The Morgan fingerprint density at radius 1 is 1.30 bits per heavy atom. The second kappa shape index (κ2) is 5.23. The second-order valence-corrected chi connectivity index (χ2v) is 6.00. The number of benzene rings is 1. The fraction of sp³-hybridized carbons (Fsp3) is 0.263. The fourth-order valence-electron chi connectivity index (χ4n) is 3.36. The summed E-state index contributed by atoms with van der Waals surface area (Å²) in [4.78, 5) is 18.2. The van der Waals surface area contributed by atoms with Crippen LogP contribution >= 0.6 is 0 Å². The van der Waals surface area contributed by atoms with Crippen LogP contribution in [0, 0.1) is 0 Å². The van der Waals surface area contributed by atoms with E-state index in [1.165, 1.54) is 17.7 Å². The third-order valence-corrected chi connectivity index (χ3v) is 4.45. The van der Waals surface area contributed by atoms with Gasteiger partial charge in [-0.2, -0.15) is 0 Å². The van der Waals surface area contributed by atoms with Gasteiger partial charge in [-0.3, -0.25) is 4.79 Å². The lowest BCUT2D eigenvalue weighted by molar-refractivity contribution is -0.143. The molecule has 3 aliphatic rings. The van der Waals surface area contributed by atoms with Gasteiger partial charge in [-0.25, -0.2) is 4.99 Å². The van der Waals surface area contributed by atoms with Gasteiger partial charge in [0.2, 0.25) is 0 Å². The molecule has 3 heterocycles. The minimum atomic E-state index is -0.258. The Balaban J connectivity index is 1.74. The van der Waals surface area contributed by atoms with E-state index < -0.39 is 0 Å².